The summed E-state index contributed by atoms with van der Waals surface area (Å²) in [5.41, 5.74) is 3.17. The molecule has 0 bridgehead atoms. The predicted molar refractivity (Wildman–Crippen MR) is 60.8 cm³/mol. The second-order valence-corrected chi connectivity index (χ2v) is 5.18. The van der Waals surface area contributed by atoms with Gasteiger partial charge in [0.05, 0.1) is 0 Å². The van der Waals surface area contributed by atoms with Gasteiger partial charge < -0.3 is 24.8 Å². The van der Waals surface area contributed by atoms with E-state index in [1.807, 2.05) is 0 Å². The molecule has 0 aromatic carbocycles. The maximum absolute atomic E-state index is 2.33. The minimum Gasteiger partial charge on any atom is -1.00 e. The first kappa shape index (κ1) is 19.4. The minimum absolute atomic E-state index is 0. The Kier molecular flexibility index (Phi) is 9.92. The molecule has 0 spiro atoms. The van der Waals surface area contributed by atoms with Gasteiger partial charge in [0.15, 0.2) is 0 Å². The van der Waals surface area contributed by atoms with Gasteiger partial charge in [0, 0.05) is 11.2 Å². The van der Waals surface area contributed by atoms with E-state index in [0.29, 0.717) is 5.92 Å². The van der Waals surface area contributed by atoms with Crippen molar-refractivity contribution in [3.8, 4) is 0 Å². The largest absolute Gasteiger partial charge is 2.00 e. The molecule has 0 saturated carbocycles. The third kappa shape index (κ3) is 3.51. The van der Waals surface area contributed by atoms with Gasteiger partial charge in [-0.1, -0.05) is 30.7 Å². The molecule has 0 aromatic heterocycles. The Labute approximate surface area is 134 Å². The number of thioether (sulfide) groups is 1. The van der Waals surface area contributed by atoms with E-state index in [1.54, 1.807) is 10.5 Å². The van der Waals surface area contributed by atoms with Crippen molar-refractivity contribution in [2.45, 2.75) is 32.4 Å². The van der Waals surface area contributed by atoms with Crippen molar-refractivity contribution in [3.05, 3.63) is 34.3 Å². The Morgan fingerprint density at radius 2 is 1.94 bits per heavy atom. The number of allylic oxidation sites excluding steroid dienone is 5. The summed E-state index contributed by atoms with van der Waals surface area (Å²) < 4.78 is 0. The summed E-state index contributed by atoms with van der Waals surface area (Å²) in [7, 11) is 0. The Morgan fingerprint density at radius 3 is 2.44 bits per heavy atom. The minimum atomic E-state index is 0. The molecule has 2 unspecified atom stereocenters. The van der Waals surface area contributed by atoms with Crippen LogP contribution in [-0.2, 0) is 26.2 Å². The molecule has 2 aliphatic rings. The van der Waals surface area contributed by atoms with Crippen LogP contribution in [0.2, 0.25) is 0 Å². The standard InChI is InChI=1S/C12H16S.2ClH.Zr/c1-4-10-12(8(2)3)9-6-5-7-11(9)13-10;;;/h5-7,9-10H,4H2,1-3H3;2*1H;/q;;;+2/p-2. The Bertz CT molecular complexity index is 317. The Hall–Kier alpha value is 1.03. The van der Waals surface area contributed by atoms with E-state index in [0.717, 1.165) is 5.25 Å². The van der Waals surface area contributed by atoms with Crippen molar-refractivity contribution in [3.63, 3.8) is 0 Å². The normalized spacial score (nSPS) is 24.9. The monoisotopic (exact) mass is 352 g/mol. The molecule has 4 heteroatoms. The van der Waals surface area contributed by atoms with Crippen molar-refractivity contribution in [2.24, 2.45) is 5.92 Å². The molecule has 0 nitrogen and oxygen atoms in total. The van der Waals surface area contributed by atoms with Gasteiger partial charge in [0.2, 0.25) is 0 Å². The molecule has 1 aliphatic heterocycles. The molecule has 0 N–H and O–H groups in total. The maximum atomic E-state index is 2.33. The van der Waals surface area contributed by atoms with Crippen LogP contribution < -0.4 is 24.8 Å². The Balaban J connectivity index is 0. The van der Waals surface area contributed by atoms with Gasteiger partial charge in [0.1, 0.15) is 0 Å². The van der Waals surface area contributed by atoms with Crippen molar-refractivity contribution in [2.75, 3.05) is 0 Å². The third-order valence-electron chi connectivity index (χ3n) is 2.78. The summed E-state index contributed by atoms with van der Waals surface area (Å²) in [6, 6.07) is 0. The number of fused-ring (bicyclic) bond motifs is 1. The SMILES string of the molecule is CCC1SC2=CC=CC2C1=C(C)C.[Cl-].[Cl-].[Zr+2]. The van der Waals surface area contributed by atoms with Crippen LogP contribution in [0.5, 0.6) is 0 Å². The summed E-state index contributed by atoms with van der Waals surface area (Å²) in [5, 5.41) is 0.742. The fourth-order valence-electron chi connectivity index (χ4n) is 2.19. The van der Waals surface area contributed by atoms with Crippen LogP contribution >= 0.6 is 11.8 Å². The molecule has 1 fully saturated rings. The summed E-state index contributed by atoms with van der Waals surface area (Å²) in [5.74, 6) is 0.639. The van der Waals surface area contributed by atoms with Crippen LogP contribution in [0, 0.1) is 5.92 Å². The van der Waals surface area contributed by atoms with E-state index in [2.05, 4.69) is 50.8 Å². The van der Waals surface area contributed by atoms with Crippen LogP contribution in [0.1, 0.15) is 27.2 Å². The Morgan fingerprint density at radius 1 is 1.31 bits per heavy atom. The molecule has 0 amide bonds. The number of hydrogen-bond acceptors (Lipinski definition) is 1. The molecule has 88 valence electrons. The molecular weight excluding hydrogens is 338 g/mol. The number of rotatable bonds is 1. The second-order valence-electron chi connectivity index (χ2n) is 3.90. The molecule has 0 radical (unpaired) electrons. The molecule has 2 rings (SSSR count). The first-order valence-electron chi connectivity index (χ1n) is 4.96. The zero-order valence-electron chi connectivity index (χ0n) is 9.76. The van der Waals surface area contributed by atoms with E-state index < -0.39 is 0 Å². The summed E-state index contributed by atoms with van der Waals surface area (Å²) in [6.45, 7) is 6.77. The van der Waals surface area contributed by atoms with Crippen molar-refractivity contribution in [1.82, 2.24) is 0 Å². The fourth-order valence-corrected chi connectivity index (χ4v) is 3.71. The predicted octanol–water partition coefficient (Wildman–Crippen LogP) is -2.08. The molecule has 1 aliphatic carbocycles. The summed E-state index contributed by atoms with van der Waals surface area (Å²) in [4.78, 5) is 1.56. The topological polar surface area (TPSA) is 0 Å². The third-order valence-corrected chi connectivity index (χ3v) is 4.31. The maximum Gasteiger partial charge on any atom is 2.00 e. The van der Waals surface area contributed by atoms with E-state index in [1.165, 1.54) is 12.0 Å². The molecule has 1 saturated heterocycles. The van der Waals surface area contributed by atoms with Crippen LogP contribution in [-0.4, -0.2) is 5.25 Å². The number of hydrogen-bond donors (Lipinski definition) is 0. The van der Waals surface area contributed by atoms with Crippen LogP contribution in [0.25, 0.3) is 0 Å². The average molecular weight is 354 g/mol. The van der Waals surface area contributed by atoms with Gasteiger partial charge >= 0.3 is 26.2 Å². The van der Waals surface area contributed by atoms with E-state index in [9.17, 15) is 0 Å². The van der Waals surface area contributed by atoms with Gasteiger partial charge in [-0.15, -0.1) is 11.8 Å². The first-order valence-corrected chi connectivity index (χ1v) is 5.84. The first-order chi connectivity index (χ1) is 6.24. The molecule has 1 heterocycles. The van der Waals surface area contributed by atoms with E-state index in [-0.39, 0.29) is 51.0 Å². The van der Waals surface area contributed by atoms with Crippen molar-refractivity contribution < 1.29 is 51.0 Å². The van der Waals surface area contributed by atoms with Crippen LogP contribution in [0.3, 0.4) is 0 Å². The van der Waals surface area contributed by atoms with Gasteiger partial charge in [0.25, 0.3) is 0 Å². The van der Waals surface area contributed by atoms with E-state index >= 15 is 0 Å². The molecule has 2 atom stereocenters. The molecule has 16 heavy (non-hydrogen) atoms. The van der Waals surface area contributed by atoms with Gasteiger partial charge in [-0.3, -0.25) is 0 Å². The van der Waals surface area contributed by atoms with Crippen LogP contribution in [0.15, 0.2) is 34.3 Å². The van der Waals surface area contributed by atoms with Gasteiger partial charge in [-0.2, -0.15) is 0 Å². The van der Waals surface area contributed by atoms with Crippen molar-refractivity contribution in [1.29, 1.82) is 0 Å². The zero-order valence-corrected chi connectivity index (χ0v) is 14.5. The fraction of sp³-hybridized carbons (Fsp3) is 0.500. The summed E-state index contributed by atoms with van der Waals surface area (Å²) >= 11 is 2.06. The molecule has 0 aromatic rings. The second kappa shape index (κ2) is 8.19. The summed E-state index contributed by atoms with van der Waals surface area (Å²) in [6.07, 6.45) is 8.06. The van der Waals surface area contributed by atoms with Gasteiger partial charge in [-0.25, -0.2) is 0 Å². The van der Waals surface area contributed by atoms with Gasteiger partial charge in [-0.05, 0) is 30.7 Å². The quantitative estimate of drug-likeness (QED) is 0.488. The van der Waals surface area contributed by atoms with E-state index in [4.69, 9.17) is 0 Å². The zero-order chi connectivity index (χ0) is 9.42. The number of halogens is 2. The van der Waals surface area contributed by atoms with Crippen molar-refractivity contribution >= 4 is 11.8 Å². The average Bonchev–Trinajstić information content (AvgIpc) is 2.59. The smallest absolute Gasteiger partial charge is 1.00 e. The molecular formula is C12H16Cl2SZr. The van der Waals surface area contributed by atoms with Crippen LogP contribution in [0.4, 0.5) is 0 Å².